The largest absolute Gasteiger partial charge is 0.497 e. The maximum Gasteiger partial charge on any atom is 0.222 e. The Morgan fingerprint density at radius 3 is 2.90 bits per heavy atom. The van der Waals surface area contributed by atoms with Gasteiger partial charge in [0.2, 0.25) is 5.91 Å². The maximum atomic E-state index is 11.5. The molecule has 5 nitrogen and oxygen atoms in total. The molecule has 0 fully saturated rings. The number of hydrogen-bond acceptors (Lipinski definition) is 4. The Hall–Kier alpha value is -2.30. The van der Waals surface area contributed by atoms with Gasteiger partial charge in [0.1, 0.15) is 11.4 Å². The molecule has 0 saturated heterocycles. The average molecular weight is 274 g/mol. The lowest BCUT2D eigenvalue weighted by Crippen LogP contribution is -2.25. The lowest BCUT2D eigenvalue weighted by Gasteiger charge is -2.13. The molecule has 5 heteroatoms. The van der Waals surface area contributed by atoms with Crippen molar-refractivity contribution in [2.24, 2.45) is 0 Å². The molecule has 0 unspecified atom stereocenters. The highest BCUT2D eigenvalue weighted by Gasteiger charge is 2.12. The molecule has 0 bridgehead atoms. The molecule has 0 N–H and O–H groups in total. The zero-order valence-electron chi connectivity index (χ0n) is 11.9. The Morgan fingerprint density at radius 1 is 1.40 bits per heavy atom. The summed E-state index contributed by atoms with van der Waals surface area (Å²) < 4.78 is 10.5. The summed E-state index contributed by atoms with van der Waals surface area (Å²) in [6, 6.07) is 9.41. The minimum atomic E-state index is 0.0796. The van der Waals surface area contributed by atoms with Crippen molar-refractivity contribution < 1.29 is 14.1 Å². The van der Waals surface area contributed by atoms with Crippen molar-refractivity contribution >= 4 is 5.91 Å². The molecule has 0 radical (unpaired) electrons. The van der Waals surface area contributed by atoms with Gasteiger partial charge >= 0.3 is 0 Å². The van der Waals surface area contributed by atoms with Crippen LogP contribution in [-0.2, 0) is 11.3 Å². The van der Waals surface area contributed by atoms with E-state index in [9.17, 15) is 4.79 Å². The molecule has 1 aromatic carbocycles. The third kappa shape index (κ3) is 3.17. The number of nitrogens with zero attached hydrogens (tertiary/aromatic N) is 2. The fourth-order valence-corrected chi connectivity index (χ4v) is 1.90. The van der Waals surface area contributed by atoms with Crippen LogP contribution in [0.25, 0.3) is 11.3 Å². The zero-order valence-corrected chi connectivity index (χ0v) is 11.9. The van der Waals surface area contributed by atoms with E-state index in [1.54, 1.807) is 19.1 Å². The topological polar surface area (TPSA) is 55.6 Å². The Balaban J connectivity index is 2.14. The van der Waals surface area contributed by atoms with Crippen LogP contribution in [0, 0.1) is 0 Å². The van der Waals surface area contributed by atoms with Gasteiger partial charge in [-0.25, -0.2) is 0 Å². The number of aromatic nitrogens is 1. The highest BCUT2D eigenvalue weighted by atomic mass is 16.5. The van der Waals surface area contributed by atoms with Crippen LogP contribution in [0.1, 0.15) is 19.0 Å². The fraction of sp³-hybridized carbons (Fsp3) is 0.333. The molecule has 2 aromatic rings. The van der Waals surface area contributed by atoms with Gasteiger partial charge in [0.15, 0.2) is 5.76 Å². The Kier molecular flexibility index (Phi) is 4.40. The van der Waals surface area contributed by atoms with E-state index < -0.39 is 0 Å². The Labute approximate surface area is 118 Å². The maximum absolute atomic E-state index is 11.5. The summed E-state index contributed by atoms with van der Waals surface area (Å²) in [4.78, 5) is 13.2. The first-order chi connectivity index (χ1) is 9.63. The van der Waals surface area contributed by atoms with E-state index >= 15 is 0 Å². The van der Waals surface area contributed by atoms with Crippen LogP contribution in [0.4, 0.5) is 0 Å². The van der Waals surface area contributed by atoms with E-state index in [0.717, 1.165) is 17.0 Å². The predicted octanol–water partition coefficient (Wildman–Crippen LogP) is 2.72. The van der Waals surface area contributed by atoms with Gasteiger partial charge < -0.3 is 14.2 Å². The normalized spacial score (nSPS) is 10.3. The lowest BCUT2D eigenvalue weighted by atomic mass is 10.1. The highest BCUT2D eigenvalue weighted by Crippen LogP contribution is 2.24. The van der Waals surface area contributed by atoms with Gasteiger partial charge in [-0.15, -0.1) is 0 Å². The minimum absolute atomic E-state index is 0.0796. The molecular weight excluding hydrogens is 256 g/mol. The highest BCUT2D eigenvalue weighted by molar-refractivity contribution is 5.75. The van der Waals surface area contributed by atoms with E-state index in [2.05, 4.69) is 5.16 Å². The third-order valence-electron chi connectivity index (χ3n) is 3.04. The molecular formula is C15H18N2O3. The molecule has 106 valence electrons. The van der Waals surface area contributed by atoms with E-state index in [1.165, 1.54) is 0 Å². The summed E-state index contributed by atoms with van der Waals surface area (Å²) in [6.07, 6.45) is 0.483. The number of benzene rings is 1. The summed E-state index contributed by atoms with van der Waals surface area (Å²) in [5, 5.41) is 4.00. The van der Waals surface area contributed by atoms with E-state index in [1.807, 2.05) is 37.3 Å². The number of amides is 1. The lowest BCUT2D eigenvalue weighted by molar-refractivity contribution is -0.130. The van der Waals surface area contributed by atoms with Crippen molar-refractivity contribution in [1.82, 2.24) is 10.1 Å². The second-order valence-corrected chi connectivity index (χ2v) is 4.52. The van der Waals surface area contributed by atoms with Crippen molar-refractivity contribution in [2.75, 3.05) is 14.2 Å². The number of ether oxygens (including phenoxy) is 1. The van der Waals surface area contributed by atoms with Crippen LogP contribution >= 0.6 is 0 Å². The number of carbonyl (C=O) groups excluding carboxylic acids is 1. The summed E-state index contributed by atoms with van der Waals surface area (Å²) in [5.41, 5.74) is 1.62. The van der Waals surface area contributed by atoms with Crippen molar-refractivity contribution in [3.63, 3.8) is 0 Å². The number of carbonyl (C=O) groups is 1. The van der Waals surface area contributed by atoms with Crippen LogP contribution in [0.2, 0.25) is 0 Å². The van der Waals surface area contributed by atoms with Gasteiger partial charge in [-0.1, -0.05) is 24.2 Å². The quantitative estimate of drug-likeness (QED) is 0.841. The van der Waals surface area contributed by atoms with Gasteiger partial charge in [0.25, 0.3) is 0 Å². The zero-order chi connectivity index (χ0) is 14.5. The number of rotatable bonds is 5. The first kappa shape index (κ1) is 14.1. The van der Waals surface area contributed by atoms with Crippen molar-refractivity contribution in [3.05, 3.63) is 36.0 Å². The standard InChI is InChI=1S/C15H18N2O3/c1-4-15(18)17(2)10-12-9-14(20-16-12)11-6-5-7-13(8-11)19-3/h5-9H,4,10H2,1-3H3. The van der Waals surface area contributed by atoms with Crippen molar-refractivity contribution in [3.8, 4) is 17.1 Å². The molecule has 0 aliphatic rings. The molecule has 0 spiro atoms. The van der Waals surface area contributed by atoms with Crippen LogP contribution < -0.4 is 4.74 Å². The number of methoxy groups -OCH3 is 1. The molecule has 0 saturated carbocycles. The molecule has 0 atom stereocenters. The average Bonchev–Trinajstić information content (AvgIpc) is 2.94. The van der Waals surface area contributed by atoms with Crippen LogP contribution in [0.3, 0.4) is 0 Å². The van der Waals surface area contributed by atoms with Crippen LogP contribution in [-0.4, -0.2) is 30.1 Å². The van der Waals surface area contributed by atoms with Crippen LogP contribution in [0.15, 0.2) is 34.9 Å². The molecule has 20 heavy (non-hydrogen) atoms. The molecule has 0 aliphatic carbocycles. The molecule has 2 rings (SSSR count). The Morgan fingerprint density at radius 2 is 2.20 bits per heavy atom. The summed E-state index contributed by atoms with van der Waals surface area (Å²) in [7, 11) is 3.38. The summed E-state index contributed by atoms with van der Waals surface area (Å²) in [6.45, 7) is 2.28. The van der Waals surface area contributed by atoms with Crippen molar-refractivity contribution in [2.45, 2.75) is 19.9 Å². The van der Waals surface area contributed by atoms with Crippen LogP contribution in [0.5, 0.6) is 5.75 Å². The van der Waals surface area contributed by atoms with Gasteiger partial charge in [-0.05, 0) is 12.1 Å². The van der Waals surface area contributed by atoms with Crippen molar-refractivity contribution in [1.29, 1.82) is 0 Å². The first-order valence-corrected chi connectivity index (χ1v) is 6.48. The minimum Gasteiger partial charge on any atom is -0.497 e. The second kappa shape index (κ2) is 6.23. The monoisotopic (exact) mass is 274 g/mol. The first-order valence-electron chi connectivity index (χ1n) is 6.48. The molecule has 1 amide bonds. The third-order valence-corrected chi connectivity index (χ3v) is 3.04. The van der Waals surface area contributed by atoms with E-state index in [4.69, 9.17) is 9.26 Å². The van der Waals surface area contributed by atoms with Gasteiger partial charge in [-0.2, -0.15) is 0 Å². The van der Waals surface area contributed by atoms with Gasteiger partial charge in [-0.3, -0.25) is 4.79 Å². The summed E-state index contributed by atoms with van der Waals surface area (Å²) in [5.74, 6) is 1.51. The van der Waals surface area contributed by atoms with E-state index in [-0.39, 0.29) is 5.91 Å². The summed E-state index contributed by atoms with van der Waals surface area (Å²) >= 11 is 0. The van der Waals surface area contributed by atoms with E-state index in [0.29, 0.717) is 18.7 Å². The molecule has 1 aromatic heterocycles. The predicted molar refractivity (Wildman–Crippen MR) is 75.3 cm³/mol. The number of hydrogen-bond donors (Lipinski definition) is 0. The molecule has 1 heterocycles. The van der Waals surface area contributed by atoms with Gasteiger partial charge in [0.05, 0.1) is 13.7 Å². The second-order valence-electron chi connectivity index (χ2n) is 4.52. The van der Waals surface area contributed by atoms with Gasteiger partial charge in [0, 0.05) is 25.1 Å². The Bertz CT molecular complexity index is 592. The smallest absolute Gasteiger partial charge is 0.222 e. The molecule has 0 aliphatic heterocycles. The fourth-order valence-electron chi connectivity index (χ4n) is 1.90. The SMILES string of the molecule is CCC(=O)N(C)Cc1cc(-c2cccc(OC)c2)on1.